The van der Waals surface area contributed by atoms with E-state index in [4.69, 9.17) is 10.7 Å². The lowest BCUT2D eigenvalue weighted by atomic mass is 9.52. The number of hydrogen-bond donors (Lipinski definition) is 1. The van der Waals surface area contributed by atoms with E-state index in [-0.39, 0.29) is 0 Å². The van der Waals surface area contributed by atoms with Crippen LogP contribution in [0.1, 0.15) is 107 Å². The molecule has 6 bridgehead atoms. The number of piperidine rings is 2. The molecule has 6 unspecified atom stereocenters. The topological polar surface area (TPSA) is 45.4 Å². The molecule has 2 saturated heterocycles. The number of para-hydroxylation sites is 1. The van der Waals surface area contributed by atoms with Gasteiger partial charge in [-0.2, -0.15) is 0 Å². The second-order valence-electron chi connectivity index (χ2n) is 14.8. The average molecular weight is 605 g/mol. The van der Waals surface area contributed by atoms with Crippen molar-refractivity contribution in [3.63, 3.8) is 0 Å². The molecule has 4 nitrogen and oxygen atoms in total. The van der Waals surface area contributed by atoms with E-state index in [0.29, 0.717) is 18.0 Å². The molecular weight excluding hydrogens is 548 g/mol. The molecule has 1 aliphatic carbocycles. The van der Waals surface area contributed by atoms with Crippen molar-refractivity contribution in [3.8, 4) is 11.8 Å². The van der Waals surface area contributed by atoms with E-state index in [1.807, 2.05) is 0 Å². The zero-order valence-electron chi connectivity index (χ0n) is 27.7. The highest BCUT2D eigenvalue weighted by Crippen LogP contribution is 2.57. The summed E-state index contributed by atoms with van der Waals surface area (Å²) in [4.78, 5) is 11.2. The Hall–Kier alpha value is -2.45. The van der Waals surface area contributed by atoms with Gasteiger partial charge in [-0.25, -0.2) is 0 Å². The molecule has 45 heavy (non-hydrogen) atoms. The Morgan fingerprint density at radius 3 is 2.62 bits per heavy atom. The zero-order valence-corrected chi connectivity index (χ0v) is 27.7. The Kier molecular flexibility index (Phi) is 10.1. The van der Waals surface area contributed by atoms with Crippen molar-refractivity contribution in [1.29, 1.82) is 0 Å². The maximum atomic E-state index is 6.21. The Balaban J connectivity index is 1.23. The highest BCUT2D eigenvalue weighted by Gasteiger charge is 2.58. The lowest BCUT2D eigenvalue weighted by molar-refractivity contribution is -0.110. The fraction of sp³-hybridized carbons (Fsp3) is 0.634. The number of benzene rings is 1. The van der Waals surface area contributed by atoms with Gasteiger partial charge in [0.05, 0.1) is 5.52 Å². The van der Waals surface area contributed by atoms with Gasteiger partial charge in [0.2, 0.25) is 0 Å². The first kappa shape index (κ1) is 31.2. The van der Waals surface area contributed by atoms with Crippen molar-refractivity contribution < 1.29 is 0 Å². The number of fused-ring (bicyclic) bond motifs is 3. The van der Waals surface area contributed by atoms with Crippen LogP contribution in [0, 0.1) is 29.1 Å². The summed E-state index contributed by atoms with van der Waals surface area (Å²) in [6.07, 6.45) is 27.3. The molecule has 0 amide bonds. The smallest absolute Gasteiger partial charge is 0.0708 e. The van der Waals surface area contributed by atoms with Crippen molar-refractivity contribution >= 4 is 17.0 Å². The van der Waals surface area contributed by atoms with Crippen LogP contribution in [0.2, 0.25) is 0 Å². The van der Waals surface area contributed by atoms with Gasteiger partial charge in [-0.1, -0.05) is 54.8 Å². The molecule has 1 aromatic heterocycles. The van der Waals surface area contributed by atoms with Crippen molar-refractivity contribution in [2.45, 2.75) is 109 Å². The molecule has 2 N–H and O–H groups in total. The second-order valence-corrected chi connectivity index (χ2v) is 14.8. The molecule has 1 spiro atoms. The standard InChI is InChI=1S/C41H56N4/c42-25-22-34-35-18-10-11-20-38(35)43-39-21-13-16-27-45-30-33-29-32-17-9-7-5-3-1-2-4-6-8-15-26-44-28-23-37(33)41(31-44,40(32)45)24-14-12-19-36(34)39/h10-12,18-20,29,33,37,40H,3-9,13-17,21-28,30-31,42H2. The number of allylic oxidation sites excluding steroid dienone is 1. The Bertz CT molecular complexity index is 1440. The van der Waals surface area contributed by atoms with Crippen molar-refractivity contribution in [1.82, 2.24) is 14.8 Å². The summed E-state index contributed by atoms with van der Waals surface area (Å²) in [6.45, 7) is 7.04. The molecule has 0 radical (unpaired) electrons. The lowest BCUT2D eigenvalue weighted by Gasteiger charge is -2.64. The monoisotopic (exact) mass is 604 g/mol. The Morgan fingerprint density at radius 2 is 1.73 bits per heavy atom. The molecule has 6 atom stereocenters. The first-order chi connectivity index (χ1) is 22.3. The molecule has 240 valence electrons. The van der Waals surface area contributed by atoms with E-state index in [1.165, 1.54) is 126 Å². The SMILES string of the molecule is NCCc1c2c(nc3ccccc13)CCCCN1CC3C=C4CCCCCC#CCCCCCN5CCC3C(CCC=C2)(C5)C41. The van der Waals surface area contributed by atoms with Crippen LogP contribution in [0.3, 0.4) is 0 Å². The van der Waals surface area contributed by atoms with Gasteiger partial charge in [0.15, 0.2) is 0 Å². The van der Waals surface area contributed by atoms with Gasteiger partial charge in [0.25, 0.3) is 0 Å². The zero-order chi connectivity index (χ0) is 30.5. The van der Waals surface area contributed by atoms with Crippen LogP contribution in [-0.4, -0.2) is 60.1 Å². The number of aryl methyl sites for hydroxylation is 1. The van der Waals surface area contributed by atoms with Gasteiger partial charge >= 0.3 is 0 Å². The summed E-state index contributed by atoms with van der Waals surface area (Å²) in [6, 6.07) is 9.35. The lowest BCUT2D eigenvalue weighted by Crippen LogP contribution is -2.68. The summed E-state index contributed by atoms with van der Waals surface area (Å²) in [5.74, 6) is 8.51. The quantitative estimate of drug-likeness (QED) is 0.279. The first-order valence-electron chi connectivity index (χ1n) is 18.7. The third-order valence-corrected chi connectivity index (χ3v) is 12.0. The van der Waals surface area contributed by atoms with Crippen LogP contribution in [0.4, 0.5) is 0 Å². The van der Waals surface area contributed by atoms with Crippen molar-refractivity contribution in [3.05, 3.63) is 58.8 Å². The summed E-state index contributed by atoms with van der Waals surface area (Å²) in [5, 5.41) is 1.29. The molecule has 1 aromatic carbocycles. The predicted octanol–water partition coefficient (Wildman–Crippen LogP) is 7.94. The van der Waals surface area contributed by atoms with E-state index < -0.39 is 0 Å². The van der Waals surface area contributed by atoms with Crippen LogP contribution < -0.4 is 5.73 Å². The second kappa shape index (κ2) is 14.5. The Morgan fingerprint density at radius 1 is 0.911 bits per heavy atom. The van der Waals surface area contributed by atoms with Gasteiger partial charge in [-0.3, -0.25) is 9.88 Å². The average Bonchev–Trinajstić information content (AvgIpc) is 3.06. The van der Waals surface area contributed by atoms with E-state index in [0.717, 1.165) is 49.5 Å². The van der Waals surface area contributed by atoms with Gasteiger partial charge in [0.1, 0.15) is 0 Å². The molecule has 4 heteroatoms. The number of rotatable bonds is 2. The number of nitrogens with zero attached hydrogens (tertiary/aromatic N) is 3. The van der Waals surface area contributed by atoms with E-state index >= 15 is 0 Å². The van der Waals surface area contributed by atoms with Crippen LogP contribution in [0.5, 0.6) is 0 Å². The molecule has 6 aliphatic rings. The minimum atomic E-state index is 0.366. The fourth-order valence-electron chi connectivity index (χ4n) is 10.1. The third-order valence-electron chi connectivity index (χ3n) is 12.0. The molecule has 0 saturated carbocycles. The third kappa shape index (κ3) is 6.56. The summed E-state index contributed by atoms with van der Waals surface area (Å²) >= 11 is 0. The van der Waals surface area contributed by atoms with Gasteiger partial charge in [-0.15, -0.1) is 11.8 Å². The van der Waals surface area contributed by atoms with Crippen LogP contribution in [0.15, 0.2) is 42.0 Å². The van der Waals surface area contributed by atoms with Gasteiger partial charge in [-0.05, 0) is 132 Å². The molecule has 5 aliphatic heterocycles. The van der Waals surface area contributed by atoms with E-state index in [9.17, 15) is 0 Å². The van der Waals surface area contributed by atoms with E-state index in [1.54, 1.807) is 5.57 Å². The summed E-state index contributed by atoms with van der Waals surface area (Å²) in [7, 11) is 0. The van der Waals surface area contributed by atoms with Gasteiger partial charge < -0.3 is 10.6 Å². The summed E-state index contributed by atoms with van der Waals surface area (Å²) < 4.78 is 0. The van der Waals surface area contributed by atoms with Crippen molar-refractivity contribution in [2.24, 2.45) is 23.0 Å². The predicted molar refractivity (Wildman–Crippen MR) is 189 cm³/mol. The number of aromatic nitrogens is 1. The summed E-state index contributed by atoms with van der Waals surface area (Å²) in [5.41, 5.74) is 13.6. The highest BCUT2D eigenvalue weighted by atomic mass is 15.2. The van der Waals surface area contributed by atoms with Crippen molar-refractivity contribution in [2.75, 3.05) is 39.3 Å². The van der Waals surface area contributed by atoms with Crippen LogP contribution in [-0.2, 0) is 12.8 Å². The largest absolute Gasteiger partial charge is 0.330 e. The Labute approximate surface area is 272 Å². The number of pyridine rings is 1. The van der Waals surface area contributed by atoms with Gasteiger partial charge in [0, 0.05) is 48.5 Å². The molecule has 6 heterocycles. The fourth-order valence-corrected chi connectivity index (χ4v) is 10.1. The minimum absolute atomic E-state index is 0.366. The number of hydrogen-bond acceptors (Lipinski definition) is 4. The minimum Gasteiger partial charge on any atom is -0.330 e. The molecular formula is C41H56N4. The van der Waals surface area contributed by atoms with Crippen LogP contribution in [0.25, 0.3) is 17.0 Å². The molecule has 8 rings (SSSR count). The maximum absolute atomic E-state index is 6.21. The normalized spacial score (nSPS) is 32.6. The molecule has 2 fully saturated rings. The van der Waals surface area contributed by atoms with Crippen LogP contribution >= 0.6 is 0 Å². The number of nitrogens with two attached hydrogens (primary N) is 1. The van der Waals surface area contributed by atoms with E-state index in [2.05, 4.69) is 64.1 Å². The molecule has 2 aromatic rings. The highest BCUT2D eigenvalue weighted by molar-refractivity contribution is 5.86. The maximum Gasteiger partial charge on any atom is 0.0708 e. The first-order valence-corrected chi connectivity index (χ1v) is 18.7.